The summed E-state index contributed by atoms with van der Waals surface area (Å²) in [5, 5.41) is 12.3. The van der Waals surface area contributed by atoms with Crippen LogP contribution in [-0.2, 0) is 0 Å². The molecule has 0 saturated heterocycles. The number of aromatic nitrogens is 2. The molecule has 344 valence electrons. The quantitative estimate of drug-likeness (QED) is 0.147. The van der Waals surface area contributed by atoms with Crippen LogP contribution in [0.5, 0.6) is 0 Å². The van der Waals surface area contributed by atoms with E-state index in [1.165, 1.54) is 120 Å². The maximum Gasteiger partial charge on any atom is 0.0541 e. The zero-order valence-electron chi connectivity index (χ0n) is 41.1. The van der Waals surface area contributed by atoms with Crippen LogP contribution in [0.1, 0.15) is 27.7 Å². The highest BCUT2D eigenvalue weighted by molar-refractivity contribution is 6.35. The molecule has 0 radical (unpaired) electrons. The van der Waals surface area contributed by atoms with Gasteiger partial charge in [0.25, 0.3) is 0 Å². The molecule has 14 rings (SSSR count). The molecule has 0 spiro atoms. The van der Waals surface area contributed by atoms with Gasteiger partial charge in [0.15, 0.2) is 0 Å². The Balaban J connectivity index is 0.00000129. The number of rotatable bonds is 6. The minimum Gasteiger partial charge on any atom is -0.309 e. The Hall–Kier alpha value is -8.98. The first-order chi connectivity index (χ1) is 35.8. The Morgan fingerprint density at radius 2 is 0.458 bits per heavy atom. The standard InChI is InChI=1S/C66H42N2.2C2H6/c1-5-21-43(22-6-1)61-62(44-23-7-2-8-24-44)64(46-27-11-4-12-28-46)66-56-42-48(68-59-35-19-15-31-53(59)54-32-16-20-36-60(54)68)38-40-50(56)49-39-37-47(41-55(49)65(66)63(61)45-25-9-3-10-26-45)67-57-33-17-13-29-51(57)52-30-14-18-34-58(52)67;2*1-2/h1-42H;2*1-2H3. The maximum absolute atomic E-state index is 2.48. The van der Waals surface area contributed by atoms with Crippen LogP contribution in [0.25, 0.3) is 132 Å². The molecule has 2 nitrogen and oxygen atoms in total. The van der Waals surface area contributed by atoms with Crippen LogP contribution in [0.2, 0.25) is 0 Å². The van der Waals surface area contributed by atoms with E-state index in [4.69, 9.17) is 0 Å². The lowest BCUT2D eigenvalue weighted by Gasteiger charge is -2.27. The second-order valence-corrected chi connectivity index (χ2v) is 17.9. The van der Waals surface area contributed by atoms with E-state index in [0.717, 1.165) is 11.4 Å². The van der Waals surface area contributed by atoms with Gasteiger partial charge < -0.3 is 9.13 Å². The Morgan fingerprint density at radius 3 is 0.750 bits per heavy atom. The second kappa shape index (κ2) is 18.7. The van der Waals surface area contributed by atoms with Crippen molar-refractivity contribution < 1.29 is 0 Å². The third kappa shape index (κ3) is 7.01. The summed E-state index contributed by atoms with van der Waals surface area (Å²) in [5.41, 5.74) is 16.6. The smallest absolute Gasteiger partial charge is 0.0541 e. The summed E-state index contributed by atoms with van der Waals surface area (Å²) in [4.78, 5) is 0. The van der Waals surface area contributed by atoms with E-state index < -0.39 is 0 Å². The summed E-state index contributed by atoms with van der Waals surface area (Å²) < 4.78 is 4.92. The molecule has 0 amide bonds. The fourth-order valence-corrected chi connectivity index (χ4v) is 11.5. The molecule has 0 aliphatic heterocycles. The highest BCUT2D eigenvalue weighted by Crippen LogP contribution is 2.55. The van der Waals surface area contributed by atoms with Crippen molar-refractivity contribution >= 4 is 75.9 Å². The SMILES string of the molecule is CC.CC.c1ccc(-c2c(-c3ccccc3)c(-c3ccccc3)c3c4cc(-n5c6ccccc6c6ccccc65)ccc4c4ccc(-n5c6ccccc6c6ccccc65)cc4c3c2-c2ccccc2)cc1. The molecule has 2 aromatic heterocycles. The van der Waals surface area contributed by atoms with E-state index in [1.54, 1.807) is 0 Å². The van der Waals surface area contributed by atoms with E-state index in [2.05, 4.69) is 264 Å². The highest BCUT2D eigenvalue weighted by atomic mass is 15.0. The first kappa shape index (κ1) is 44.2. The van der Waals surface area contributed by atoms with Gasteiger partial charge in [-0.1, -0.05) is 234 Å². The number of nitrogens with zero attached hydrogens (tertiary/aromatic N) is 2. The predicted molar refractivity (Wildman–Crippen MR) is 312 cm³/mol. The van der Waals surface area contributed by atoms with Crippen LogP contribution in [0, 0.1) is 0 Å². The van der Waals surface area contributed by atoms with E-state index in [1.807, 2.05) is 27.7 Å². The molecular weight excluding hydrogens is 869 g/mol. The Bertz CT molecular complexity index is 3890. The zero-order valence-corrected chi connectivity index (χ0v) is 41.1. The maximum atomic E-state index is 2.48. The van der Waals surface area contributed by atoms with Crippen molar-refractivity contribution in [2.45, 2.75) is 27.7 Å². The Morgan fingerprint density at radius 1 is 0.208 bits per heavy atom. The number of hydrogen-bond donors (Lipinski definition) is 0. The lowest BCUT2D eigenvalue weighted by molar-refractivity contribution is 1.18. The molecular formula is C70H54N2. The first-order valence-corrected chi connectivity index (χ1v) is 25.5. The number of benzene rings is 12. The lowest BCUT2D eigenvalue weighted by atomic mass is 9.76. The molecule has 0 aliphatic carbocycles. The van der Waals surface area contributed by atoms with Gasteiger partial charge in [-0.2, -0.15) is 0 Å². The average Bonchev–Trinajstić information content (AvgIpc) is 4.00. The lowest BCUT2D eigenvalue weighted by Crippen LogP contribution is -2.01. The van der Waals surface area contributed by atoms with Gasteiger partial charge in [0.05, 0.1) is 22.1 Å². The van der Waals surface area contributed by atoms with Gasteiger partial charge in [0.1, 0.15) is 0 Å². The highest BCUT2D eigenvalue weighted by Gasteiger charge is 2.28. The van der Waals surface area contributed by atoms with Crippen LogP contribution >= 0.6 is 0 Å². The molecule has 12 aromatic carbocycles. The van der Waals surface area contributed by atoms with Crippen molar-refractivity contribution in [2.24, 2.45) is 0 Å². The number of para-hydroxylation sites is 4. The second-order valence-electron chi connectivity index (χ2n) is 17.9. The van der Waals surface area contributed by atoms with Crippen molar-refractivity contribution in [1.82, 2.24) is 9.13 Å². The third-order valence-corrected chi connectivity index (χ3v) is 14.3. The molecule has 14 aromatic rings. The van der Waals surface area contributed by atoms with Gasteiger partial charge in [0, 0.05) is 32.9 Å². The van der Waals surface area contributed by atoms with Crippen LogP contribution in [-0.4, -0.2) is 9.13 Å². The molecule has 0 aliphatic rings. The Kier molecular flexibility index (Phi) is 11.5. The van der Waals surface area contributed by atoms with Gasteiger partial charge in [0.2, 0.25) is 0 Å². The number of fused-ring (bicyclic) bond motifs is 12. The van der Waals surface area contributed by atoms with Crippen LogP contribution in [0.15, 0.2) is 255 Å². The summed E-state index contributed by atoms with van der Waals surface area (Å²) in [6, 6.07) is 94.1. The molecule has 72 heavy (non-hydrogen) atoms. The molecule has 0 fully saturated rings. The molecule has 0 N–H and O–H groups in total. The van der Waals surface area contributed by atoms with Gasteiger partial charge in [-0.3, -0.25) is 0 Å². The predicted octanol–water partition coefficient (Wildman–Crippen LogP) is 20.1. The fraction of sp³-hybridized carbons (Fsp3) is 0.0571. The molecule has 0 atom stereocenters. The van der Waals surface area contributed by atoms with Crippen molar-refractivity contribution in [3.63, 3.8) is 0 Å². The zero-order chi connectivity index (χ0) is 48.7. The van der Waals surface area contributed by atoms with Crippen molar-refractivity contribution in [2.75, 3.05) is 0 Å². The molecule has 0 bridgehead atoms. The van der Waals surface area contributed by atoms with Crippen molar-refractivity contribution in [1.29, 1.82) is 0 Å². The van der Waals surface area contributed by atoms with E-state index >= 15 is 0 Å². The van der Waals surface area contributed by atoms with Gasteiger partial charge >= 0.3 is 0 Å². The minimum absolute atomic E-state index is 1.13. The topological polar surface area (TPSA) is 9.86 Å². The monoisotopic (exact) mass is 922 g/mol. The summed E-state index contributed by atoms with van der Waals surface area (Å²) in [6.07, 6.45) is 0. The fourth-order valence-electron chi connectivity index (χ4n) is 11.5. The van der Waals surface area contributed by atoms with E-state index in [9.17, 15) is 0 Å². The molecule has 2 heteroatoms. The van der Waals surface area contributed by atoms with Crippen LogP contribution in [0.4, 0.5) is 0 Å². The van der Waals surface area contributed by atoms with Crippen molar-refractivity contribution in [3.8, 4) is 55.9 Å². The Labute approximate surface area is 421 Å². The van der Waals surface area contributed by atoms with E-state index in [0.29, 0.717) is 0 Å². The van der Waals surface area contributed by atoms with E-state index in [-0.39, 0.29) is 0 Å². The minimum atomic E-state index is 1.13. The largest absolute Gasteiger partial charge is 0.309 e. The van der Waals surface area contributed by atoms with Gasteiger partial charge in [-0.05, 0) is 125 Å². The van der Waals surface area contributed by atoms with Crippen LogP contribution in [0.3, 0.4) is 0 Å². The molecule has 0 unspecified atom stereocenters. The van der Waals surface area contributed by atoms with Crippen molar-refractivity contribution in [3.05, 3.63) is 255 Å². The first-order valence-electron chi connectivity index (χ1n) is 25.5. The summed E-state index contributed by atoms with van der Waals surface area (Å²) in [6.45, 7) is 8.00. The van der Waals surface area contributed by atoms with Gasteiger partial charge in [-0.15, -0.1) is 0 Å². The van der Waals surface area contributed by atoms with Gasteiger partial charge in [-0.25, -0.2) is 0 Å². The molecule has 0 saturated carbocycles. The van der Waals surface area contributed by atoms with Crippen LogP contribution < -0.4 is 0 Å². The summed E-state index contributed by atoms with van der Waals surface area (Å²) in [7, 11) is 0. The summed E-state index contributed by atoms with van der Waals surface area (Å²) >= 11 is 0. The third-order valence-electron chi connectivity index (χ3n) is 14.3. The summed E-state index contributed by atoms with van der Waals surface area (Å²) in [5.74, 6) is 0. The number of hydrogen-bond acceptors (Lipinski definition) is 0. The normalized spacial score (nSPS) is 11.3. The molecule has 2 heterocycles. The average molecular weight is 923 g/mol.